The summed E-state index contributed by atoms with van der Waals surface area (Å²) in [4.78, 5) is 17.2. The standard InChI is InChI=1S/C15H24N4O3S.C2HF3O2/c1-2-8-23(20,21)19-7-4-12-11-22-14(13(12)10-19)9-18-15-16-5-3-6-17-15;3-2(4,5)1(6)7/h3,5-6,12-14H,2,4,7-11H2,1H3,(H,16,17,18);(H,6,7)/t12-,13-,14+;/m0./s1. The molecule has 2 aliphatic rings. The highest BCUT2D eigenvalue weighted by Gasteiger charge is 2.43. The third kappa shape index (κ3) is 6.77. The summed E-state index contributed by atoms with van der Waals surface area (Å²) in [5.74, 6) is -1.26. The minimum Gasteiger partial charge on any atom is -0.475 e. The Kier molecular flexibility index (Phi) is 8.38. The molecular formula is C17H25F3N4O5S. The van der Waals surface area contributed by atoms with E-state index in [1.165, 1.54) is 0 Å². The summed E-state index contributed by atoms with van der Waals surface area (Å²) in [6.45, 7) is 4.40. The summed E-state index contributed by atoms with van der Waals surface area (Å²) >= 11 is 0. The zero-order valence-electron chi connectivity index (χ0n) is 16.4. The van der Waals surface area contributed by atoms with Crippen molar-refractivity contribution in [3.05, 3.63) is 18.5 Å². The minimum atomic E-state index is -5.08. The molecule has 0 aromatic carbocycles. The Labute approximate surface area is 172 Å². The number of nitrogens with zero attached hydrogens (tertiary/aromatic N) is 3. The number of carboxylic acids is 1. The summed E-state index contributed by atoms with van der Waals surface area (Å²) in [6, 6.07) is 1.77. The molecule has 2 fully saturated rings. The number of carboxylic acid groups (broad SMARTS) is 1. The summed E-state index contributed by atoms with van der Waals surface area (Å²) in [5, 5.41) is 10.3. The van der Waals surface area contributed by atoms with E-state index < -0.39 is 22.2 Å². The van der Waals surface area contributed by atoms with Gasteiger partial charge in [0.15, 0.2) is 0 Å². The molecular weight excluding hydrogens is 429 g/mol. The maximum absolute atomic E-state index is 12.3. The largest absolute Gasteiger partial charge is 0.490 e. The van der Waals surface area contributed by atoms with Crippen molar-refractivity contribution in [3.8, 4) is 0 Å². The van der Waals surface area contributed by atoms with Gasteiger partial charge in [0.1, 0.15) is 0 Å². The predicted molar refractivity (Wildman–Crippen MR) is 101 cm³/mol. The second-order valence-electron chi connectivity index (χ2n) is 7.01. The monoisotopic (exact) mass is 454 g/mol. The molecule has 2 aliphatic heterocycles. The molecule has 2 saturated heterocycles. The van der Waals surface area contributed by atoms with Gasteiger partial charge in [-0.25, -0.2) is 27.5 Å². The number of hydrogen-bond acceptors (Lipinski definition) is 7. The SMILES string of the molecule is CCCS(=O)(=O)N1CC[C@H]2CO[C@H](CNc3ncccn3)[C@H]2C1.O=C(O)C(F)(F)F. The van der Waals surface area contributed by atoms with Crippen LogP contribution < -0.4 is 5.32 Å². The lowest BCUT2D eigenvalue weighted by atomic mass is 9.85. The quantitative estimate of drug-likeness (QED) is 0.665. The molecule has 170 valence electrons. The molecule has 0 saturated carbocycles. The predicted octanol–water partition coefficient (Wildman–Crippen LogP) is 1.60. The lowest BCUT2D eigenvalue weighted by Crippen LogP contribution is -2.47. The molecule has 2 N–H and O–H groups in total. The minimum absolute atomic E-state index is 0.00318. The second kappa shape index (κ2) is 10.4. The Balaban J connectivity index is 0.000000396. The Morgan fingerprint density at radius 1 is 1.37 bits per heavy atom. The number of hydrogen-bond donors (Lipinski definition) is 2. The van der Waals surface area contributed by atoms with Crippen LogP contribution in [0.15, 0.2) is 18.5 Å². The van der Waals surface area contributed by atoms with E-state index in [0.717, 1.165) is 6.42 Å². The molecule has 0 aliphatic carbocycles. The smallest absolute Gasteiger partial charge is 0.475 e. The van der Waals surface area contributed by atoms with Gasteiger partial charge in [-0.3, -0.25) is 0 Å². The van der Waals surface area contributed by atoms with Crippen molar-refractivity contribution in [1.29, 1.82) is 0 Å². The van der Waals surface area contributed by atoms with Crippen molar-refractivity contribution < 1.29 is 36.2 Å². The van der Waals surface area contributed by atoms with Gasteiger partial charge in [0.05, 0.1) is 18.5 Å². The van der Waals surface area contributed by atoms with E-state index in [2.05, 4.69) is 15.3 Å². The van der Waals surface area contributed by atoms with Gasteiger partial charge < -0.3 is 15.2 Å². The van der Waals surface area contributed by atoms with E-state index in [1.54, 1.807) is 22.8 Å². The van der Waals surface area contributed by atoms with E-state index in [9.17, 15) is 21.6 Å². The van der Waals surface area contributed by atoms with Gasteiger partial charge in [-0.05, 0) is 24.8 Å². The van der Waals surface area contributed by atoms with Crippen molar-refractivity contribution in [2.75, 3.05) is 37.3 Å². The van der Waals surface area contributed by atoms with Crippen molar-refractivity contribution in [2.45, 2.75) is 32.0 Å². The molecule has 13 heteroatoms. The first-order chi connectivity index (χ1) is 14.0. The summed E-state index contributed by atoms with van der Waals surface area (Å²) < 4.78 is 63.9. The number of alkyl halides is 3. The van der Waals surface area contributed by atoms with Gasteiger partial charge in [0, 0.05) is 37.9 Å². The first kappa shape index (κ1) is 24.3. The number of carbonyl (C=O) groups is 1. The van der Waals surface area contributed by atoms with Gasteiger partial charge in [0.2, 0.25) is 16.0 Å². The Hall–Kier alpha value is -1.99. The third-order valence-electron chi connectivity index (χ3n) is 4.90. The molecule has 0 radical (unpaired) electrons. The van der Waals surface area contributed by atoms with Gasteiger partial charge >= 0.3 is 12.1 Å². The molecule has 1 aromatic rings. The van der Waals surface area contributed by atoms with Crippen LogP contribution in [-0.2, 0) is 19.6 Å². The molecule has 30 heavy (non-hydrogen) atoms. The van der Waals surface area contributed by atoms with Gasteiger partial charge in [-0.1, -0.05) is 6.92 Å². The number of sulfonamides is 1. The number of rotatable bonds is 6. The Morgan fingerprint density at radius 2 is 2.00 bits per heavy atom. The normalized spacial score (nSPS) is 24.5. The van der Waals surface area contributed by atoms with Crippen molar-refractivity contribution in [2.24, 2.45) is 11.8 Å². The topological polar surface area (TPSA) is 122 Å². The molecule has 0 spiro atoms. The molecule has 9 nitrogen and oxygen atoms in total. The number of aliphatic carboxylic acids is 1. The van der Waals surface area contributed by atoms with Crippen LogP contribution in [0.3, 0.4) is 0 Å². The van der Waals surface area contributed by atoms with E-state index in [4.69, 9.17) is 14.6 Å². The van der Waals surface area contributed by atoms with Crippen LogP contribution in [0.25, 0.3) is 0 Å². The molecule has 3 heterocycles. The number of piperidine rings is 1. The lowest BCUT2D eigenvalue weighted by Gasteiger charge is -2.35. The second-order valence-corrected chi connectivity index (χ2v) is 9.10. The highest BCUT2D eigenvalue weighted by atomic mass is 32.2. The van der Waals surface area contributed by atoms with Crippen LogP contribution in [0.1, 0.15) is 19.8 Å². The Morgan fingerprint density at radius 3 is 2.57 bits per heavy atom. The van der Waals surface area contributed by atoms with Gasteiger partial charge in [0.25, 0.3) is 0 Å². The van der Waals surface area contributed by atoms with Crippen LogP contribution in [0.4, 0.5) is 19.1 Å². The molecule has 3 rings (SSSR count). The Bertz CT molecular complexity index is 794. The summed E-state index contributed by atoms with van der Waals surface area (Å²) in [6.07, 6.45) is -0.171. The van der Waals surface area contributed by atoms with E-state index in [0.29, 0.717) is 44.5 Å². The van der Waals surface area contributed by atoms with Crippen LogP contribution in [-0.4, -0.2) is 78.0 Å². The molecule has 1 aromatic heterocycles. The summed E-state index contributed by atoms with van der Waals surface area (Å²) in [7, 11) is -3.13. The van der Waals surface area contributed by atoms with Crippen LogP contribution >= 0.6 is 0 Å². The third-order valence-corrected chi connectivity index (χ3v) is 6.94. The average molecular weight is 454 g/mol. The maximum Gasteiger partial charge on any atom is 0.490 e. The summed E-state index contributed by atoms with van der Waals surface area (Å²) in [5.41, 5.74) is 0. The van der Waals surface area contributed by atoms with Crippen LogP contribution in [0, 0.1) is 11.8 Å². The molecule has 0 unspecified atom stereocenters. The molecule has 0 bridgehead atoms. The van der Waals surface area contributed by atoms with Crippen molar-refractivity contribution in [3.63, 3.8) is 0 Å². The van der Waals surface area contributed by atoms with E-state index in [1.807, 2.05) is 6.92 Å². The number of halogens is 3. The van der Waals surface area contributed by atoms with Gasteiger partial charge in [-0.15, -0.1) is 0 Å². The van der Waals surface area contributed by atoms with Crippen molar-refractivity contribution in [1.82, 2.24) is 14.3 Å². The van der Waals surface area contributed by atoms with E-state index in [-0.39, 0.29) is 17.8 Å². The van der Waals surface area contributed by atoms with Crippen molar-refractivity contribution >= 4 is 21.9 Å². The first-order valence-corrected chi connectivity index (χ1v) is 11.1. The molecule has 3 atom stereocenters. The molecule has 0 amide bonds. The number of fused-ring (bicyclic) bond motifs is 1. The highest BCUT2D eigenvalue weighted by Crippen LogP contribution is 2.35. The maximum atomic E-state index is 12.3. The number of aromatic nitrogens is 2. The fraction of sp³-hybridized carbons (Fsp3) is 0.706. The fourth-order valence-electron chi connectivity index (χ4n) is 3.43. The van der Waals surface area contributed by atoms with Crippen LogP contribution in [0.5, 0.6) is 0 Å². The number of ether oxygens (including phenoxy) is 1. The number of nitrogens with one attached hydrogen (secondary N) is 1. The van der Waals surface area contributed by atoms with E-state index >= 15 is 0 Å². The average Bonchev–Trinajstić information content (AvgIpc) is 3.09. The first-order valence-electron chi connectivity index (χ1n) is 9.45. The number of anilines is 1. The highest BCUT2D eigenvalue weighted by molar-refractivity contribution is 7.89. The fourth-order valence-corrected chi connectivity index (χ4v) is 4.99. The zero-order chi connectivity index (χ0) is 22.4. The van der Waals surface area contributed by atoms with Crippen LogP contribution in [0.2, 0.25) is 0 Å². The van der Waals surface area contributed by atoms with Gasteiger partial charge in [-0.2, -0.15) is 13.2 Å². The zero-order valence-corrected chi connectivity index (χ0v) is 17.2. The lowest BCUT2D eigenvalue weighted by molar-refractivity contribution is -0.192.